The monoisotopic (exact) mass is 289 g/mol. The second kappa shape index (κ2) is 6.54. The van der Waals surface area contributed by atoms with Crippen LogP contribution in [0.2, 0.25) is 0 Å². The first-order valence-electron chi connectivity index (χ1n) is 6.91. The molecule has 1 atom stereocenters. The lowest BCUT2D eigenvalue weighted by molar-refractivity contribution is 0.0600. The van der Waals surface area contributed by atoms with Crippen molar-refractivity contribution in [1.82, 2.24) is 5.32 Å². The van der Waals surface area contributed by atoms with E-state index in [2.05, 4.69) is 10.1 Å². The van der Waals surface area contributed by atoms with Gasteiger partial charge in [0.15, 0.2) is 0 Å². The number of hydrogen-bond donors (Lipinski definition) is 2. The molecule has 0 bridgehead atoms. The molecule has 0 aromatic heterocycles. The van der Waals surface area contributed by atoms with E-state index in [1.54, 1.807) is 18.2 Å². The van der Waals surface area contributed by atoms with Crippen molar-refractivity contribution < 1.29 is 19.4 Å². The Kier molecular flexibility index (Phi) is 4.75. The molecular weight excluding hydrogens is 270 g/mol. The maximum Gasteiger partial charge on any atom is 0.337 e. The topological polar surface area (TPSA) is 75.6 Å². The standard InChI is InChI=1S/C16H19NO4/c1-21-15(19)13-7-5-12(6-8-13)14(18)17-11-16(20)9-3-2-4-10-16/h3,5-9,20H,2,4,10-11H2,1H3,(H,17,18)/t16-/m0/s1. The highest BCUT2D eigenvalue weighted by atomic mass is 16.5. The zero-order valence-electron chi connectivity index (χ0n) is 12.0. The number of nitrogens with one attached hydrogen (secondary N) is 1. The lowest BCUT2D eigenvalue weighted by Gasteiger charge is -2.27. The van der Waals surface area contributed by atoms with Gasteiger partial charge in [-0.1, -0.05) is 12.2 Å². The molecule has 2 rings (SSSR count). The van der Waals surface area contributed by atoms with Crippen molar-refractivity contribution in [1.29, 1.82) is 0 Å². The predicted molar refractivity (Wildman–Crippen MR) is 78.1 cm³/mol. The molecule has 1 aromatic carbocycles. The number of benzene rings is 1. The maximum atomic E-state index is 12.0. The number of carbonyl (C=O) groups excluding carboxylic acids is 2. The fourth-order valence-corrected chi connectivity index (χ4v) is 2.27. The summed E-state index contributed by atoms with van der Waals surface area (Å²) in [5.41, 5.74) is -0.131. The van der Waals surface area contributed by atoms with Crippen LogP contribution in [0, 0.1) is 0 Å². The summed E-state index contributed by atoms with van der Waals surface area (Å²) in [4.78, 5) is 23.3. The van der Waals surface area contributed by atoms with E-state index in [-0.39, 0.29) is 12.5 Å². The summed E-state index contributed by atoms with van der Waals surface area (Å²) in [6.07, 6.45) is 6.20. The molecule has 5 nitrogen and oxygen atoms in total. The van der Waals surface area contributed by atoms with Crippen LogP contribution in [0.4, 0.5) is 0 Å². The molecule has 0 fully saturated rings. The van der Waals surface area contributed by atoms with Crippen molar-refractivity contribution in [3.63, 3.8) is 0 Å². The first-order chi connectivity index (χ1) is 10.0. The molecule has 112 valence electrons. The van der Waals surface area contributed by atoms with Gasteiger partial charge in [0, 0.05) is 5.56 Å². The number of esters is 1. The highest BCUT2D eigenvalue weighted by molar-refractivity contribution is 5.96. The number of methoxy groups -OCH3 is 1. The molecule has 0 unspecified atom stereocenters. The Morgan fingerprint density at radius 3 is 2.52 bits per heavy atom. The predicted octanol–water partition coefficient (Wildman–Crippen LogP) is 1.67. The second-order valence-corrected chi connectivity index (χ2v) is 5.15. The minimum Gasteiger partial charge on any atom is -0.465 e. The molecule has 5 heteroatoms. The summed E-state index contributed by atoms with van der Waals surface area (Å²) in [6.45, 7) is 0.182. The number of aliphatic hydroxyl groups is 1. The third kappa shape index (κ3) is 3.92. The van der Waals surface area contributed by atoms with Crippen molar-refractivity contribution >= 4 is 11.9 Å². The fourth-order valence-electron chi connectivity index (χ4n) is 2.27. The Hall–Kier alpha value is -2.14. The molecule has 2 N–H and O–H groups in total. The summed E-state index contributed by atoms with van der Waals surface area (Å²) >= 11 is 0. The van der Waals surface area contributed by atoms with Gasteiger partial charge in [-0.25, -0.2) is 4.79 Å². The van der Waals surface area contributed by atoms with Crippen LogP contribution < -0.4 is 5.32 Å². The molecule has 21 heavy (non-hydrogen) atoms. The summed E-state index contributed by atoms with van der Waals surface area (Å²) in [5, 5.41) is 13.0. The van der Waals surface area contributed by atoms with E-state index in [1.165, 1.54) is 19.2 Å². The lowest BCUT2D eigenvalue weighted by Crippen LogP contribution is -2.42. The molecule has 0 heterocycles. The van der Waals surface area contributed by atoms with E-state index in [0.29, 0.717) is 17.5 Å². The number of allylic oxidation sites excluding steroid dienone is 1. The van der Waals surface area contributed by atoms with E-state index in [0.717, 1.165) is 12.8 Å². The normalized spacial score (nSPS) is 20.9. The first kappa shape index (κ1) is 15.3. The molecular formula is C16H19NO4. The average Bonchev–Trinajstić information content (AvgIpc) is 2.53. The van der Waals surface area contributed by atoms with Gasteiger partial charge in [0.25, 0.3) is 5.91 Å². The fraction of sp³-hybridized carbons (Fsp3) is 0.375. The molecule has 1 amide bonds. The van der Waals surface area contributed by atoms with E-state index < -0.39 is 11.6 Å². The van der Waals surface area contributed by atoms with Crippen LogP contribution in [0.15, 0.2) is 36.4 Å². The summed E-state index contributed by atoms with van der Waals surface area (Å²) < 4.78 is 4.60. The first-order valence-corrected chi connectivity index (χ1v) is 6.91. The molecule has 0 saturated heterocycles. The van der Waals surface area contributed by atoms with Crippen LogP contribution in [0.25, 0.3) is 0 Å². The minimum atomic E-state index is -0.958. The number of rotatable bonds is 4. The summed E-state index contributed by atoms with van der Waals surface area (Å²) in [5.74, 6) is -0.720. The van der Waals surface area contributed by atoms with E-state index in [4.69, 9.17) is 0 Å². The van der Waals surface area contributed by atoms with Gasteiger partial charge >= 0.3 is 5.97 Å². The van der Waals surface area contributed by atoms with Crippen LogP contribution in [-0.4, -0.2) is 36.2 Å². The highest BCUT2D eigenvalue weighted by Crippen LogP contribution is 2.21. The Labute approximate surface area is 123 Å². The van der Waals surface area contributed by atoms with Gasteiger partial charge in [0.05, 0.1) is 24.8 Å². The van der Waals surface area contributed by atoms with Gasteiger partial charge < -0.3 is 15.2 Å². The Bertz CT molecular complexity index is 550. The Balaban J connectivity index is 1.95. The van der Waals surface area contributed by atoms with Gasteiger partial charge in [-0.15, -0.1) is 0 Å². The number of carbonyl (C=O) groups is 2. The Morgan fingerprint density at radius 2 is 1.95 bits per heavy atom. The Morgan fingerprint density at radius 1 is 1.29 bits per heavy atom. The number of amides is 1. The number of ether oxygens (including phenoxy) is 1. The highest BCUT2D eigenvalue weighted by Gasteiger charge is 2.25. The quantitative estimate of drug-likeness (QED) is 0.653. The van der Waals surface area contributed by atoms with Gasteiger partial charge in [-0.2, -0.15) is 0 Å². The third-order valence-corrected chi connectivity index (χ3v) is 3.53. The summed E-state index contributed by atoms with van der Waals surface area (Å²) in [6, 6.07) is 6.19. The van der Waals surface area contributed by atoms with E-state index in [1.807, 2.05) is 6.08 Å². The number of hydrogen-bond acceptors (Lipinski definition) is 4. The molecule has 1 aliphatic rings. The molecule has 0 saturated carbocycles. The maximum absolute atomic E-state index is 12.0. The van der Waals surface area contributed by atoms with Gasteiger partial charge in [0.1, 0.15) is 0 Å². The van der Waals surface area contributed by atoms with Gasteiger partial charge in [0.2, 0.25) is 0 Å². The van der Waals surface area contributed by atoms with Gasteiger partial charge in [-0.05, 0) is 43.5 Å². The van der Waals surface area contributed by atoms with Crippen molar-refractivity contribution in [2.45, 2.75) is 24.9 Å². The smallest absolute Gasteiger partial charge is 0.337 e. The largest absolute Gasteiger partial charge is 0.465 e. The van der Waals surface area contributed by atoms with Crippen LogP contribution in [0.3, 0.4) is 0 Å². The van der Waals surface area contributed by atoms with Crippen molar-refractivity contribution in [2.75, 3.05) is 13.7 Å². The third-order valence-electron chi connectivity index (χ3n) is 3.53. The van der Waals surface area contributed by atoms with Crippen LogP contribution in [0.5, 0.6) is 0 Å². The molecule has 1 aliphatic carbocycles. The zero-order valence-corrected chi connectivity index (χ0v) is 12.0. The molecule has 0 radical (unpaired) electrons. The van der Waals surface area contributed by atoms with Crippen LogP contribution in [-0.2, 0) is 4.74 Å². The molecule has 0 spiro atoms. The van der Waals surface area contributed by atoms with Crippen LogP contribution >= 0.6 is 0 Å². The second-order valence-electron chi connectivity index (χ2n) is 5.15. The minimum absolute atomic E-state index is 0.182. The molecule has 0 aliphatic heterocycles. The lowest BCUT2D eigenvalue weighted by atomic mass is 9.91. The summed E-state index contributed by atoms with van der Waals surface area (Å²) in [7, 11) is 1.31. The van der Waals surface area contributed by atoms with Crippen molar-refractivity contribution in [3.8, 4) is 0 Å². The van der Waals surface area contributed by atoms with Crippen molar-refractivity contribution in [3.05, 3.63) is 47.5 Å². The van der Waals surface area contributed by atoms with E-state index >= 15 is 0 Å². The molecule has 1 aromatic rings. The van der Waals surface area contributed by atoms with Crippen molar-refractivity contribution in [2.24, 2.45) is 0 Å². The SMILES string of the molecule is COC(=O)c1ccc(C(=O)NC[C@]2(O)C=CCCC2)cc1. The zero-order chi connectivity index (χ0) is 15.3. The van der Waals surface area contributed by atoms with Gasteiger partial charge in [-0.3, -0.25) is 4.79 Å². The van der Waals surface area contributed by atoms with Crippen LogP contribution in [0.1, 0.15) is 40.0 Å². The van der Waals surface area contributed by atoms with E-state index in [9.17, 15) is 14.7 Å². The average molecular weight is 289 g/mol.